The molecule has 2 rings (SSSR count). The van der Waals surface area contributed by atoms with Crippen LogP contribution in [-0.4, -0.2) is 18.5 Å². The van der Waals surface area contributed by atoms with Crippen molar-refractivity contribution in [3.05, 3.63) is 34.6 Å². The Hall–Kier alpha value is -1.13. The fraction of sp³-hybridized carbons (Fsp3) is 0.462. The smallest absolute Gasteiger partial charge is 0.237 e. The van der Waals surface area contributed by atoms with Crippen LogP contribution in [0.5, 0.6) is 0 Å². The molecule has 1 aliphatic heterocycles. The third-order valence-corrected chi connectivity index (χ3v) is 3.49. The molecule has 3 nitrogen and oxygen atoms in total. The van der Waals surface area contributed by atoms with Crippen LogP contribution in [-0.2, 0) is 4.79 Å². The Labute approximate surface area is 111 Å². The predicted molar refractivity (Wildman–Crippen MR) is 69.0 cm³/mol. The Morgan fingerprint density at radius 1 is 1.61 bits per heavy atom. The number of benzene rings is 1. The SMILES string of the molecule is C[C@H](NC(=O)[C@H]1CCCN1)c1ccc(Cl)c(F)c1. The molecule has 1 saturated heterocycles. The van der Waals surface area contributed by atoms with Gasteiger partial charge in [0, 0.05) is 0 Å². The van der Waals surface area contributed by atoms with Gasteiger partial charge in [-0.2, -0.15) is 0 Å². The second-order valence-electron chi connectivity index (χ2n) is 4.55. The van der Waals surface area contributed by atoms with Gasteiger partial charge in [0.05, 0.1) is 17.1 Å². The second-order valence-corrected chi connectivity index (χ2v) is 4.96. The van der Waals surface area contributed by atoms with E-state index in [1.165, 1.54) is 12.1 Å². The van der Waals surface area contributed by atoms with Gasteiger partial charge in [-0.1, -0.05) is 17.7 Å². The number of carbonyl (C=O) groups excluding carboxylic acids is 1. The number of hydrogen-bond acceptors (Lipinski definition) is 2. The third kappa shape index (κ3) is 3.00. The van der Waals surface area contributed by atoms with Crippen LogP contribution in [0.2, 0.25) is 5.02 Å². The molecule has 0 bridgehead atoms. The summed E-state index contributed by atoms with van der Waals surface area (Å²) in [5, 5.41) is 6.09. The highest BCUT2D eigenvalue weighted by Crippen LogP contribution is 2.20. The van der Waals surface area contributed by atoms with Gasteiger partial charge in [0.15, 0.2) is 0 Å². The first-order valence-corrected chi connectivity index (χ1v) is 6.44. The fourth-order valence-electron chi connectivity index (χ4n) is 2.09. The Morgan fingerprint density at radius 2 is 2.39 bits per heavy atom. The molecule has 1 heterocycles. The highest BCUT2D eigenvalue weighted by atomic mass is 35.5. The molecule has 1 aromatic rings. The molecular weight excluding hydrogens is 255 g/mol. The first kappa shape index (κ1) is 13.3. The molecule has 98 valence electrons. The van der Waals surface area contributed by atoms with Crippen molar-refractivity contribution < 1.29 is 9.18 Å². The second kappa shape index (κ2) is 5.67. The van der Waals surface area contributed by atoms with E-state index in [0.717, 1.165) is 19.4 Å². The first-order chi connectivity index (χ1) is 8.58. The molecule has 0 unspecified atom stereocenters. The summed E-state index contributed by atoms with van der Waals surface area (Å²) in [5.74, 6) is -0.496. The number of nitrogens with one attached hydrogen (secondary N) is 2. The van der Waals surface area contributed by atoms with Gasteiger partial charge < -0.3 is 10.6 Å². The summed E-state index contributed by atoms with van der Waals surface area (Å²) in [6, 6.07) is 4.23. The van der Waals surface area contributed by atoms with Crippen molar-refractivity contribution in [2.75, 3.05) is 6.54 Å². The molecule has 0 radical (unpaired) electrons. The maximum Gasteiger partial charge on any atom is 0.237 e. The normalized spacial score (nSPS) is 20.7. The molecule has 1 aliphatic rings. The summed E-state index contributed by atoms with van der Waals surface area (Å²) in [7, 11) is 0. The largest absolute Gasteiger partial charge is 0.348 e. The van der Waals surface area contributed by atoms with Gasteiger partial charge in [0.25, 0.3) is 0 Å². The fourth-order valence-corrected chi connectivity index (χ4v) is 2.20. The minimum atomic E-state index is -0.464. The lowest BCUT2D eigenvalue weighted by molar-refractivity contribution is -0.123. The molecule has 18 heavy (non-hydrogen) atoms. The predicted octanol–water partition coefficient (Wildman–Crippen LogP) is 2.41. The van der Waals surface area contributed by atoms with Gasteiger partial charge in [-0.15, -0.1) is 0 Å². The maximum atomic E-state index is 13.3. The highest BCUT2D eigenvalue weighted by molar-refractivity contribution is 6.30. The summed E-state index contributed by atoms with van der Waals surface area (Å²) in [6.45, 7) is 2.71. The Kier molecular flexibility index (Phi) is 4.19. The molecule has 2 N–H and O–H groups in total. The molecule has 0 saturated carbocycles. The summed E-state index contributed by atoms with van der Waals surface area (Å²) in [5.41, 5.74) is 0.711. The van der Waals surface area contributed by atoms with Crippen LogP contribution in [0.25, 0.3) is 0 Å². The van der Waals surface area contributed by atoms with Gasteiger partial charge in [0.2, 0.25) is 5.91 Å². The molecule has 2 atom stereocenters. The summed E-state index contributed by atoms with van der Waals surface area (Å²) < 4.78 is 13.3. The zero-order valence-electron chi connectivity index (χ0n) is 10.2. The van der Waals surface area contributed by atoms with Crippen molar-refractivity contribution >= 4 is 17.5 Å². The van der Waals surface area contributed by atoms with E-state index in [4.69, 9.17) is 11.6 Å². The topological polar surface area (TPSA) is 41.1 Å². The van der Waals surface area contributed by atoms with Crippen molar-refractivity contribution in [1.29, 1.82) is 0 Å². The van der Waals surface area contributed by atoms with E-state index in [1.54, 1.807) is 6.07 Å². The van der Waals surface area contributed by atoms with Crippen LogP contribution >= 0.6 is 11.6 Å². The number of halogens is 2. The van der Waals surface area contributed by atoms with Gasteiger partial charge in [0.1, 0.15) is 5.82 Å². The summed E-state index contributed by atoms with van der Waals surface area (Å²) in [6.07, 6.45) is 1.87. The molecule has 0 aromatic heterocycles. The third-order valence-electron chi connectivity index (χ3n) is 3.18. The average molecular weight is 271 g/mol. The van der Waals surface area contributed by atoms with E-state index in [9.17, 15) is 9.18 Å². The minimum Gasteiger partial charge on any atom is -0.348 e. The van der Waals surface area contributed by atoms with Crippen LogP contribution < -0.4 is 10.6 Å². The Morgan fingerprint density at radius 3 is 3.00 bits per heavy atom. The minimum absolute atomic E-state index is 0.0321. The number of amides is 1. The number of carbonyl (C=O) groups is 1. The van der Waals surface area contributed by atoms with E-state index in [2.05, 4.69) is 10.6 Å². The number of rotatable bonds is 3. The van der Waals surface area contributed by atoms with Crippen LogP contribution in [0.1, 0.15) is 31.4 Å². The first-order valence-electron chi connectivity index (χ1n) is 6.06. The summed E-state index contributed by atoms with van der Waals surface area (Å²) >= 11 is 5.62. The molecular formula is C13H16ClFN2O. The van der Waals surface area contributed by atoms with E-state index in [-0.39, 0.29) is 23.0 Å². The molecule has 0 spiro atoms. The molecule has 1 amide bonds. The van der Waals surface area contributed by atoms with Crippen molar-refractivity contribution in [3.63, 3.8) is 0 Å². The van der Waals surface area contributed by atoms with Crippen molar-refractivity contribution in [3.8, 4) is 0 Å². The van der Waals surface area contributed by atoms with Crippen molar-refractivity contribution in [2.24, 2.45) is 0 Å². The molecule has 1 aromatic carbocycles. The number of hydrogen-bond donors (Lipinski definition) is 2. The summed E-state index contributed by atoms with van der Waals surface area (Å²) in [4.78, 5) is 11.9. The average Bonchev–Trinajstić information content (AvgIpc) is 2.86. The lowest BCUT2D eigenvalue weighted by atomic mass is 10.1. The lowest BCUT2D eigenvalue weighted by Gasteiger charge is -2.17. The standard InChI is InChI=1S/C13H16ClFN2O/c1-8(9-4-5-10(14)11(15)7-9)17-13(18)12-3-2-6-16-12/h4-5,7-8,12,16H,2-3,6H2,1H3,(H,17,18)/t8-,12+/m0/s1. The zero-order valence-corrected chi connectivity index (χ0v) is 10.9. The van der Waals surface area contributed by atoms with Gasteiger partial charge in [-0.25, -0.2) is 4.39 Å². The Bertz CT molecular complexity index is 447. The van der Waals surface area contributed by atoms with E-state index < -0.39 is 5.82 Å². The van der Waals surface area contributed by atoms with Crippen LogP contribution in [0.15, 0.2) is 18.2 Å². The van der Waals surface area contributed by atoms with Crippen LogP contribution in [0, 0.1) is 5.82 Å². The Balaban J connectivity index is 2.00. The molecule has 0 aliphatic carbocycles. The molecule has 1 fully saturated rings. The zero-order chi connectivity index (χ0) is 13.1. The van der Waals surface area contributed by atoms with E-state index >= 15 is 0 Å². The van der Waals surface area contributed by atoms with Gasteiger partial charge in [-0.05, 0) is 44.0 Å². The van der Waals surface area contributed by atoms with Gasteiger partial charge >= 0.3 is 0 Å². The maximum absolute atomic E-state index is 13.3. The van der Waals surface area contributed by atoms with Crippen molar-refractivity contribution in [2.45, 2.75) is 31.8 Å². The molecule has 5 heteroatoms. The van der Waals surface area contributed by atoms with E-state index in [0.29, 0.717) is 5.56 Å². The lowest BCUT2D eigenvalue weighted by Crippen LogP contribution is -2.41. The van der Waals surface area contributed by atoms with Crippen molar-refractivity contribution in [1.82, 2.24) is 10.6 Å². The van der Waals surface area contributed by atoms with Crippen LogP contribution in [0.4, 0.5) is 4.39 Å². The highest BCUT2D eigenvalue weighted by Gasteiger charge is 2.23. The van der Waals surface area contributed by atoms with Gasteiger partial charge in [-0.3, -0.25) is 4.79 Å². The monoisotopic (exact) mass is 270 g/mol. The van der Waals surface area contributed by atoms with Crippen LogP contribution in [0.3, 0.4) is 0 Å². The quantitative estimate of drug-likeness (QED) is 0.886. The van der Waals surface area contributed by atoms with E-state index in [1.807, 2.05) is 6.92 Å².